The van der Waals surface area contributed by atoms with Crippen LogP contribution in [0.2, 0.25) is 0 Å². The number of carbonyl (C=O) groups is 1. The molecule has 0 saturated carbocycles. The highest BCUT2D eigenvalue weighted by Crippen LogP contribution is 2.28. The van der Waals surface area contributed by atoms with Crippen molar-refractivity contribution < 1.29 is 9.90 Å². The fourth-order valence-corrected chi connectivity index (χ4v) is 4.33. The molecule has 1 aliphatic rings. The number of rotatable bonds is 7. The molecule has 0 atom stereocenters. The van der Waals surface area contributed by atoms with Crippen molar-refractivity contribution in [1.82, 2.24) is 5.32 Å². The van der Waals surface area contributed by atoms with Gasteiger partial charge in [0.25, 0.3) is 5.91 Å². The van der Waals surface area contributed by atoms with Crippen LogP contribution < -0.4 is 5.32 Å². The number of hydrogen-bond donors (Lipinski definition) is 2. The zero-order valence-electron chi connectivity index (χ0n) is 11.8. The number of thiophene rings is 1. The van der Waals surface area contributed by atoms with Gasteiger partial charge in [-0.2, -0.15) is 11.8 Å². The monoisotopic (exact) mass is 313 g/mol. The molecule has 2 N–H and O–H groups in total. The molecule has 20 heavy (non-hydrogen) atoms. The maximum Gasteiger partial charge on any atom is 0.261 e. The molecular weight excluding hydrogens is 290 g/mol. The molecule has 5 heteroatoms. The standard InChI is InChI=1S/C15H23NO2S2/c17-8-4-9-19-10-7-16-15(18)14-11-12-5-2-1-3-6-13(12)20-14/h11,17H,1-10H2,(H,16,18). The lowest BCUT2D eigenvalue weighted by atomic mass is 10.1. The number of fused-ring (bicyclic) bond motifs is 1. The highest BCUT2D eigenvalue weighted by Gasteiger charge is 2.15. The second kappa shape index (κ2) is 8.70. The Hall–Kier alpha value is -0.520. The van der Waals surface area contributed by atoms with Crippen LogP contribution in [-0.4, -0.2) is 35.7 Å². The van der Waals surface area contributed by atoms with Gasteiger partial charge in [-0.05, 0) is 49.5 Å². The van der Waals surface area contributed by atoms with Crippen LogP contribution >= 0.6 is 23.1 Å². The summed E-state index contributed by atoms with van der Waals surface area (Å²) in [4.78, 5) is 14.4. The number of aliphatic hydroxyl groups excluding tert-OH is 1. The van der Waals surface area contributed by atoms with Crippen LogP contribution in [0, 0.1) is 0 Å². The molecule has 0 fully saturated rings. The first-order valence-electron chi connectivity index (χ1n) is 7.39. The molecule has 0 radical (unpaired) electrons. The van der Waals surface area contributed by atoms with Gasteiger partial charge in [0.2, 0.25) is 0 Å². The lowest BCUT2D eigenvalue weighted by molar-refractivity contribution is 0.0960. The van der Waals surface area contributed by atoms with Gasteiger partial charge in [0.15, 0.2) is 0 Å². The van der Waals surface area contributed by atoms with E-state index in [1.807, 2.05) is 0 Å². The van der Waals surface area contributed by atoms with E-state index in [1.165, 1.54) is 29.7 Å². The van der Waals surface area contributed by atoms with Gasteiger partial charge in [0.1, 0.15) is 0 Å². The van der Waals surface area contributed by atoms with Crippen molar-refractivity contribution >= 4 is 29.0 Å². The average molecular weight is 313 g/mol. The molecule has 1 aromatic rings. The van der Waals surface area contributed by atoms with Crippen LogP contribution in [0.5, 0.6) is 0 Å². The Morgan fingerprint density at radius 3 is 3.00 bits per heavy atom. The van der Waals surface area contributed by atoms with Crippen molar-refractivity contribution in [1.29, 1.82) is 0 Å². The summed E-state index contributed by atoms with van der Waals surface area (Å²) in [6.07, 6.45) is 6.94. The minimum Gasteiger partial charge on any atom is -0.396 e. The smallest absolute Gasteiger partial charge is 0.261 e. The normalized spacial score (nSPS) is 14.7. The third-order valence-corrected chi connectivity index (χ3v) is 5.76. The van der Waals surface area contributed by atoms with Crippen molar-refractivity contribution in [2.45, 2.75) is 38.5 Å². The molecule has 0 aromatic carbocycles. The SMILES string of the molecule is O=C(NCCSCCCO)c1cc2c(s1)CCCCC2. The molecule has 1 aliphatic carbocycles. The first-order valence-corrected chi connectivity index (χ1v) is 9.37. The molecule has 1 heterocycles. The minimum absolute atomic E-state index is 0.0748. The molecule has 0 bridgehead atoms. The first kappa shape index (κ1) is 15.9. The fourth-order valence-electron chi connectivity index (χ4n) is 2.37. The Labute approximate surface area is 129 Å². The van der Waals surface area contributed by atoms with E-state index in [2.05, 4.69) is 11.4 Å². The van der Waals surface area contributed by atoms with Gasteiger partial charge in [-0.25, -0.2) is 0 Å². The van der Waals surface area contributed by atoms with Gasteiger partial charge in [0, 0.05) is 23.8 Å². The summed E-state index contributed by atoms with van der Waals surface area (Å²) in [5, 5.41) is 11.7. The van der Waals surface area contributed by atoms with Gasteiger partial charge >= 0.3 is 0 Å². The van der Waals surface area contributed by atoms with E-state index >= 15 is 0 Å². The molecule has 112 valence electrons. The maximum atomic E-state index is 12.1. The summed E-state index contributed by atoms with van der Waals surface area (Å²) >= 11 is 3.45. The van der Waals surface area contributed by atoms with Crippen LogP contribution in [-0.2, 0) is 12.8 Å². The Bertz CT molecular complexity index is 408. The van der Waals surface area contributed by atoms with E-state index in [9.17, 15) is 4.79 Å². The summed E-state index contributed by atoms with van der Waals surface area (Å²) in [5.41, 5.74) is 1.40. The van der Waals surface area contributed by atoms with Gasteiger partial charge in [-0.3, -0.25) is 4.79 Å². The maximum absolute atomic E-state index is 12.1. The third kappa shape index (κ3) is 4.79. The Kier molecular flexibility index (Phi) is 6.90. The van der Waals surface area contributed by atoms with Crippen LogP contribution in [0.3, 0.4) is 0 Å². The number of nitrogens with one attached hydrogen (secondary N) is 1. The third-order valence-electron chi connectivity index (χ3n) is 3.45. The van der Waals surface area contributed by atoms with Gasteiger partial charge in [-0.15, -0.1) is 11.3 Å². The zero-order chi connectivity index (χ0) is 14.2. The molecule has 0 saturated heterocycles. The highest BCUT2D eigenvalue weighted by atomic mass is 32.2. The van der Waals surface area contributed by atoms with Crippen molar-refractivity contribution in [2.75, 3.05) is 24.7 Å². The van der Waals surface area contributed by atoms with Gasteiger partial charge in [-0.1, -0.05) is 6.42 Å². The Morgan fingerprint density at radius 2 is 2.15 bits per heavy atom. The predicted octanol–water partition coefficient (Wildman–Crippen LogP) is 2.86. The number of thioether (sulfide) groups is 1. The van der Waals surface area contributed by atoms with E-state index in [0.29, 0.717) is 6.54 Å². The van der Waals surface area contributed by atoms with Crippen LogP contribution in [0.1, 0.15) is 45.8 Å². The number of hydrogen-bond acceptors (Lipinski definition) is 4. The van der Waals surface area contributed by atoms with Crippen LogP contribution in [0.15, 0.2) is 6.07 Å². The molecular formula is C15H23NO2S2. The van der Waals surface area contributed by atoms with E-state index in [1.54, 1.807) is 23.1 Å². The van der Waals surface area contributed by atoms with Crippen LogP contribution in [0.4, 0.5) is 0 Å². The molecule has 0 unspecified atom stereocenters. The quantitative estimate of drug-likeness (QED) is 0.601. The second-order valence-corrected chi connectivity index (χ2v) is 7.43. The van der Waals surface area contributed by atoms with Crippen molar-refractivity contribution in [3.05, 3.63) is 21.4 Å². The molecule has 0 spiro atoms. The fraction of sp³-hybridized carbons (Fsp3) is 0.667. The topological polar surface area (TPSA) is 49.3 Å². The number of carbonyl (C=O) groups excluding carboxylic acids is 1. The van der Waals surface area contributed by atoms with Crippen LogP contribution in [0.25, 0.3) is 0 Å². The average Bonchev–Trinajstić information content (AvgIpc) is 2.74. The predicted molar refractivity (Wildman–Crippen MR) is 86.9 cm³/mol. The molecule has 0 aliphatic heterocycles. The Balaban J connectivity index is 1.75. The van der Waals surface area contributed by atoms with Gasteiger partial charge in [0.05, 0.1) is 4.88 Å². The minimum atomic E-state index is 0.0748. The van der Waals surface area contributed by atoms with Crippen molar-refractivity contribution in [3.63, 3.8) is 0 Å². The zero-order valence-corrected chi connectivity index (χ0v) is 13.5. The Morgan fingerprint density at radius 1 is 1.30 bits per heavy atom. The lowest BCUT2D eigenvalue weighted by Crippen LogP contribution is -2.25. The molecule has 2 rings (SSSR count). The molecule has 3 nitrogen and oxygen atoms in total. The van der Waals surface area contributed by atoms with E-state index in [0.717, 1.165) is 35.6 Å². The number of aliphatic hydroxyl groups is 1. The van der Waals surface area contributed by atoms with Crippen molar-refractivity contribution in [2.24, 2.45) is 0 Å². The van der Waals surface area contributed by atoms with Crippen molar-refractivity contribution in [3.8, 4) is 0 Å². The number of amides is 1. The van der Waals surface area contributed by atoms with Gasteiger partial charge < -0.3 is 10.4 Å². The highest BCUT2D eigenvalue weighted by molar-refractivity contribution is 7.99. The molecule has 1 aromatic heterocycles. The summed E-state index contributed by atoms with van der Waals surface area (Å²) in [6.45, 7) is 0.956. The van der Waals surface area contributed by atoms with E-state index in [-0.39, 0.29) is 12.5 Å². The first-order chi connectivity index (χ1) is 9.81. The van der Waals surface area contributed by atoms with E-state index < -0.39 is 0 Å². The largest absolute Gasteiger partial charge is 0.396 e. The van der Waals surface area contributed by atoms with E-state index in [4.69, 9.17) is 5.11 Å². The summed E-state index contributed by atoms with van der Waals surface area (Å²) < 4.78 is 0. The lowest BCUT2D eigenvalue weighted by Gasteiger charge is -2.03. The number of aryl methyl sites for hydroxylation is 2. The summed E-state index contributed by atoms with van der Waals surface area (Å²) in [5.74, 6) is 1.95. The summed E-state index contributed by atoms with van der Waals surface area (Å²) in [7, 11) is 0. The summed E-state index contributed by atoms with van der Waals surface area (Å²) in [6, 6.07) is 2.10. The second-order valence-electron chi connectivity index (χ2n) is 5.07. The molecule has 1 amide bonds.